The number of esters is 1. The van der Waals surface area contributed by atoms with Crippen molar-refractivity contribution in [1.82, 2.24) is 5.32 Å². The zero-order chi connectivity index (χ0) is 9.68. The monoisotopic (exact) mass is 185 g/mol. The Bertz CT molecular complexity index is 197. The normalized spacial score (nSPS) is 22.4. The topological polar surface area (TPSA) is 55.4 Å². The molecule has 0 spiro atoms. The van der Waals surface area contributed by atoms with Gasteiger partial charge in [0, 0.05) is 0 Å². The summed E-state index contributed by atoms with van der Waals surface area (Å²) in [5.41, 5.74) is 0. The van der Waals surface area contributed by atoms with Crippen LogP contribution in [0.1, 0.15) is 26.2 Å². The van der Waals surface area contributed by atoms with Crippen LogP contribution in [-0.2, 0) is 14.3 Å². The van der Waals surface area contributed by atoms with E-state index in [1.165, 1.54) is 0 Å². The average molecular weight is 185 g/mol. The van der Waals surface area contributed by atoms with Crippen LogP contribution in [0.2, 0.25) is 0 Å². The predicted molar refractivity (Wildman–Crippen MR) is 47.3 cm³/mol. The van der Waals surface area contributed by atoms with Crippen LogP contribution >= 0.6 is 0 Å². The lowest BCUT2D eigenvalue weighted by molar-refractivity contribution is -0.154. The lowest BCUT2D eigenvalue weighted by Crippen LogP contribution is -2.44. The first-order valence-corrected chi connectivity index (χ1v) is 4.70. The first-order chi connectivity index (χ1) is 6.25. The third-order valence-electron chi connectivity index (χ3n) is 2.10. The van der Waals surface area contributed by atoms with Gasteiger partial charge in [0.15, 0.2) is 0 Å². The fraction of sp³-hybridized carbons (Fsp3) is 0.778. The van der Waals surface area contributed by atoms with E-state index in [1.54, 1.807) is 6.92 Å². The molecule has 0 aromatic heterocycles. The summed E-state index contributed by atoms with van der Waals surface area (Å²) >= 11 is 0. The van der Waals surface area contributed by atoms with E-state index in [-0.39, 0.29) is 12.6 Å². The van der Waals surface area contributed by atoms with E-state index >= 15 is 0 Å². The van der Waals surface area contributed by atoms with E-state index in [2.05, 4.69) is 10.1 Å². The minimum absolute atomic E-state index is 0.261. The van der Waals surface area contributed by atoms with Crippen molar-refractivity contribution in [3.8, 4) is 0 Å². The molecule has 1 fully saturated rings. The highest BCUT2D eigenvalue weighted by Crippen LogP contribution is 2.08. The van der Waals surface area contributed by atoms with Gasteiger partial charge in [0.2, 0.25) is 0 Å². The molecule has 0 unspecified atom stereocenters. The summed E-state index contributed by atoms with van der Waals surface area (Å²) in [6.07, 6.45) is 2.83. The van der Waals surface area contributed by atoms with Gasteiger partial charge in [0.25, 0.3) is 5.78 Å². The Morgan fingerprint density at radius 3 is 2.77 bits per heavy atom. The fourth-order valence-corrected chi connectivity index (χ4v) is 1.42. The molecule has 1 atom stereocenters. The van der Waals surface area contributed by atoms with Crippen LogP contribution in [0.25, 0.3) is 0 Å². The average Bonchev–Trinajstić information content (AvgIpc) is 2.18. The first kappa shape index (κ1) is 10.2. The minimum Gasteiger partial charge on any atom is -0.460 e. The van der Waals surface area contributed by atoms with Gasteiger partial charge >= 0.3 is 5.97 Å². The van der Waals surface area contributed by atoms with Crippen molar-refractivity contribution in [3.63, 3.8) is 0 Å². The van der Waals surface area contributed by atoms with Gasteiger partial charge in [-0.05, 0) is 26.3 Å². The molecule has 1 aliphatic rings. The molecule has 74 valence electrons. The largest absolute Gasteiger partial charge is 0.460 e. The number of rotatable bonds is 3. The van der Waals surface area contributed by atoms with Crippen molar-refractivity contribution in [2.45, 2.75) is 32.2 Å². The number of ketones is 1. The highest BCUT2D eigenvalue weighted by molar-refractivity contribution is 6.35. The van der Waals surface area contributed by atoms with Crippen LogP contribution in [0, 0.1) is 0 Å². The van der Waals surface area contributed by atoms with E-state index < -0.39 is 11.8 Å². The number of hydrogen-bond acceptors (Lipinski definition) is 4. The first-order valence-electron chi connectivity index (χ1n) is 4.70. The van der Waals surface area contributed by atoms with Crippen molar-refractivity contribution in [2.75, 3.05) is 13.2 Å². The Hall–Kier alpha value is -0.900. The Morgan fingerprint density at radius 2 is 2.23 bits per heavy atom. The number of carbonyl (C=O) groups excluding carboxylic acids is 2. The van der Waals surface area contributed by atoms with E-state index in [1.807, 2.05) is 0 Å². The lowest BCUT2D eigenvalue weighted by atomic mass is 10.0. The molecule has 0 aromatic carbocycles. The number of piperidine rings is 1. The molecule has 1 rings (SSSR count). The highest BCUT2D eigenvalue weighted by atomic mass is 16.5. The van der Waals surface area contributed by atoms with E-state index in [9.17, 15) is 9.59 Å². The maximum Gasteiger partial charge on any atom is 0.376 e. The lowest BCUT2D eigenvalue weighted by Gasteiger charge is -2.20. The van der Waals surface area contributed by atoms with Gasteiger partial charge in [-0.3, -0.25) is 4.79 Å². The SMILES string of the molecule is CCOC(=O)C(=O)[C@@H]1CCCCN1. The summed E-state index contributed by atoms with van der Waals surface area (Å²) in [7, 11) is 0. The molecule has 1 heterocycles. The van der Waals surface area contributed by atoms with Gasteiger partial charge in [-0.25, -0.2) is 4.79 Å². The summed E-state index contributed by atoms with van der Waals surface area (Å²) in [6, 6.07) is -0.312. The van der Waals surface area contributed by atoms with Crippen LogP contribution < -0.4 is 5.32 Å². The maximum atomic E-state index is 11.4. The number of Topliss-reactive ketones (excluding diaryl/α,β-unsaturated/α-hetero) is 1. The van der Waals surface area contributed by atoms with Crippen molar-refractivity contribution < 1.29 is 14.3 Å². The Balaban J connectivity index is 2.40. The summed E-state index contributed by atoms with van der Waals surface area (Å²) in [5.74, 6) is -1.14. The second kappa shape index (κ2) is 4.97. The quantitative estimate of drug-likeness (QED) is 0.506. The summed E-state index contributed by atoms with van der Waals surface area (Å²) < 4.78 is 4.63. The molecule has 0 radical (unpaired) electrons. The van der Waals surface area contributed by atoms with Crippen LogP contribution in [0.4, 0.5) is 0 Å². The number of ether oxygens (including phenoxy) is 1. The van der Waals surface area contributed by atoms with Crippen molar-refractivity contribution >= 4 is 11.8 Å². The molecule has 0 aliphatic carbocycles. The van der Waals surface area contributed by atoms with E-state index in [0.29, 0.717) is 0 Å². The van der Waals surface area contributed by atoms with Crippen LogP contribution in [0.3, 0.4) is 0 Å². The zero-order valence-electron chi connectivity index (χ0n) is 7.84. The van der Waals surface area contributed by atoms with Gasteiger partial charge in [-0.2, -0.15) is 0 Å². The molecule has 1 aliphatic heterocycles. The molecule has 4 nitrogen and oxygen atoms in total. The molecule has 0 bridgehead atoms. The van der Waals surface area contributed by atoms with Gasteiger partial charge in [0.1, 0.15) is 0 Å². The van der Waals surface area contributed by atoms with E-state index in [0.717, 1.165) is 25.8 Å². The predicted octanol–water partition coefficient (Wildman–Crippen LogP) is 0.261. The highest BCUT2D eigenvalue weighted by Gasteiger charge is 2.27. The molecule has 13 heavy (non-hydrogen) atoms. The Labute approximate surface area is 77.6 Å². The molecule has 1 N–H and O–H groups in total. The van der Waals surface area contributed by atoms with E-state index in [4.69, 9.17) is 0 Å². The Kier molecular flexibility index (Phi) is 3.89. The third kappa shape index (κ3) is 2.81. The van der Waals surface area contributed by atoms with Gasteiger partial charge < -0.3 is 10.1 Å². The summed E-state index contributed by atoms with van der Waals surface area (Å²) in [4.78, 5) is 22.4. The molecule has 1 saturated heterocycles. The zero-order valence-corrected chi connectivity index (χ0v) is 7.84. The van der Waals surface area contributed by atoms with Gasteiger partial charge in [0.05, 0.1) is 12.6 Å². The molecule has 0 aromatic rings. The number of nitrogens with one attached hydrogen (secondary N) is 1. The van der Waals surface area contributed by atoms with Crippen LogP contribution in [0.15, 0.2) is 0 Å². The van der Waals surface area contributed by atoms with Crippen molar-refractivity contribution in [1.29, 1.82) is 0 Å². The van der Waals surface area contributed by atoms with Gasteiger partial charge in [-0.15, -0.1) is 0 Å². The summed E-state index contributed by atoms with van der Waals surface area (Å²) in [5, 5.41) is 3.01. The molecule has 0 saturated carbocycles. The Morgan fingerprint density at radius 1 is 1.46 bits per heavy atom. The molecular formula is C9H15NO3. The van der Waals surface area contributed by atoms with Gasteiger partial charge in [-0.1, -0.05) is 6.42 Å². The maximum absolute atomic E-state index is 11.4. The molecule has 4 heteroatoms. The second-order valence-electron chi connectivity index (χ2n) is 3.09. The van der Waals surface area contributed by atoms with Crippen LogP contribution in [-0.4, -0.2) is 30.9 Å². The second-order valence-corrected chi connectivity index (χ2v) is 3.09. The van der Waals surface area contributed by atoms with Crippen molar-refractivity contribution in [2.24, 2.45) is 0 Å². The van der Waals surface area contributed by atoms with Crippen LogP contribution in [0.5, 0.6) is 0 Å². The smallest absolute Gasteiger partial charge is 0.376 e. The fourth-order valence-electron chi connectivity index (χ4n) is 1.42. The number of carbonyl (C=O) groups is 2. The van der Waals surface area contributed by atoms with Crippen molar-refractivity contribution in [3.05, 3.63) is 0 Å². The molecular weight excluding hydrogens is 170 g/mol. The third-order valence-corrected chi connectivity index (χ3v) is 2.10. The summed E-state index contributed by atoms with van der Waals surface area (Å²) in [6.45, 7) is 2.77. The molecule has 0 amide bonds. The number of hydrogen-bond donors (Lipinski definition) is 1. The standard InChI is InChI=1S/C9H15NO3/c1-2-13-9(12)8(11)7-5-3-4-6-10-7/h7,10H,2-6H2,1H3/t7-/m0/s1. The minimum atomic E-state index is -0.707.